The van der Waals surface area contributed by atoms with Crippen molar-refractivity contribution in [2.75, 3.05) is 5.32 Å². The molecule has 1 aromatic carbocycles. The Kier molecular flexibility index (Phi) is 3.36. The van der Waals surface area contributed by atoms with E-state index in [4.69, 9.17) is 5.26 Å². The third-order valence-electron chi connectivity index (χ3n) is 2.31. The number of anilines is 2. The maximum absolute atomic E-state index is 13.4. The summed E-state index contributed by atoms with van der Waals surface area (Å²) in [6.45, 7) is 0. The standard InChI is InChI=1S/C10H5FN4O4S/c11-6-1-4(2-7(8(6)16)15(18)19)13-10-5(3-12)9(17)14-20-10/h1-2,13,16H,(H,14,17). The van der Waals surface area contributed by atoms with Gasteiger partial charge in [-0.15, -0.1) is 0 Å². The van der Waals surface area contributed by atoms with Crippen LogP contribution < -0.4 is 10.9 Å². The first kappa shape index (κ1) is 13.5. The summed E-state index contributed by atoms with van der Waals surface area (Å²) in [6.07, 6.45) is 0. The van der Waals surface area contributed by atoms with Gasteiger partial charge in [-0.3, -0.25) is 19.3 Å². The highest BCUT2D eigenvalue weighted by atomic mass is 32.1. The quantitative estimate of drug-likeness (QED) is 0.449. The van der Waals surface area contributed by atoms with Crippen molar-refractivity contribution in [3.8, 4) is 11.8 Å². The minimum Gasteiger partial charge on any atom is -0.500 e. The summed E-state index contributed by atoms with van der Waals surface area (Å²) in [5, 5.41) is 31.3. The van der Waals surface area contributed by atoms with Crippen LogP contribution in [0, 0.1) is 27.3 Å². The highest BCUT2D eigenvalue weighted by Crippen LogP contribution is 2.33. The normalized spacial score (nSPS) is 10.0. The number of nitro benzene ring substituents is 1. The molecule has 1 heterocycles. The highest BCUT2D eigenvalue weighted by molar-refractivity contribution is 7.10. The minimum atomic E-state index is -1.19. The molecule has 0 aliphatic rings. The number of hydrogen-bond donors (Lipinski definition) is 3. The van der Waals surface area contributed by atoms with Crippen molar-refractivity contribution in [1.29, 1.82) is 5.26 Å². The maximum atomic E-state index is 13.4. The van der Waals surface area contributed by atoms with Crippen LogP contribution in [0.15, 0.2) is 16.9 Å². The predicted molar refractivity (Wildman–Crippen MR) is 67.7 cm³/mol. The molecule has 20 heavy (non-hydrogen) atoms. The number of rotatable bonds is 3. The van der Waals surface area contributed by atoms with E-state index < -0.39 is 27.7 Å². The Hall–Kier alpha value is -2.93. The van der Waals surface area contributed by atoms with E-state index in [9.17, 15) is 24.4 Å². The van der Waals surface area contributed by atoms with Crippen LogP contribution in [0.5, 0.6) is 5.75 Å². The van der Waals surface area contributed by atoms with Crippen LogP contribution in [-0.4, -0.2) is 14.4 Å². The lowest BCUT2D eigenvalue weighted by Gasteiger charge is -2.05. The van der Waals surface area contributed by atoms with Crippen LogP contribution in [0.3, 0.4) is 0 Å². The summed E-state index contributed by atoms with van der Waals surface area (Å²) in [6, 6.07) is 3.36. The third kappa shape index (κ3) is 2.29. The van der Waals surface area contributed by atoms with Gasteiger partial charge in [-0.1, -0.05) is 0 Å². The summed E-state index contributed by atoms with van der Waals surface area (Å²) in [7, 11) is 0. The molecular formula is C10H5FN4O4S. The molecule has 0 atom stereocenters. The van der Waals surface area contributed by atoms with Gasteiger partial charge in [0.2, 0.25) is 5.75 Å². The first-order valence-corrected chi connectivity index (χ1v) is 5.81. The van der Waals surface area contributed by atoms with Crippen LogP contribution >= 0.6 is 11.5 Å². The van der Waals surface area contributed by atoms with Gasteiger partial charge < -0.3 is 10.4 Å². The van der Waals surface area contributed by atoms with E-state index in [0.717, 1.165) is 23.7 Å². The third-order valence-corrected chi connectivity index (χ3v) is 3.11. The van der Waals surface area contributed by atoms with E-state index in [2.05, 4.69) is 9.69 Å². The van der Waals surface area contributed by atoms with Crippen molar-refractivity contribution in [1.82, 2.24) is 4.37 Å². The molecule has 10 heteroatoms. The maximum Gasteiger partial charge on any atom is 0.315 e. The Bertz CT molecular complexity index is 792. The summed E-state index contributed by atoms with van der Waals surface area (Å²) >= 11 is 0.794. The van der Waals surface area contributed by atoms with Crippen molar-refractivity contribution in [3.63, 3.8) is 0 Å². The second-order valence-electron chi connectivity index (χ2n) is 3.56. The minimum absolute atomic E-state index is 0.0706. The molecule has 0 radical (unpaired) electrons. The van der Waals surface area contributed by atoms with Crippen LogP contribution in [0.4, 0.5) is 20.8 Å². The number of nitrogens with zero attached hydrogens (tertiary/aromatic N) is 2. The first-order chi connectivity index (χ1) is 9.43. The molecule has 0 bridgehead atoms. The molecule has 0 unspecified atom stereocenters. The molecule has 2 rings (SSSR count). The zero-order valence-electron chi connectivity index (χ0n) is 9.51. The van der Waals surface area contributed by atoms with Crippen molar-refractivity contribution in [2.45, 2.75) is 0 Å². The molecule has 0 amide bonds. The Balaban J connectivity index is 2.47. The second kappa shape index (κ2) is 4.98. The average molecular weight is 296 g/mol. The van der Waals surface area contributed by atoms with Crippen molar-refractivity contribution >= 4 is 27.9 Å². The lowest BCUT2D eigenvalue weighted by molar-refractivity contribution is -0.386. The predicted octanol–water partition coefficient (Wildman–Crippen LogP) is 1.80. The lowest BCUT2D eigenvalue weighted by atomic mass is 10.2. The number of nitriles is 1. The first-order valence-electron chi connectivity index (χ1n) is 4.99. The molecule has 1 aromatic heterocycles. The summed E-state index contributed by atoms with van der Waals surface area (Å²) in [4.78, 5) is 20.9. The van der Waals surface area contributed by atoms with Gasteiger partial charge in [0.1, 0.15) is 11.1 Å². The van der Waals surface area contributed by atoms with Crippen LogP contribution in [0.25, 0.3) is 0 Å². The van der Waals surface area contributed by atoms with Crippen molar-refractivity contribution in [2.24, 2.45) is 0 Å². The van der Waals surface area contributed by atoms with Crippen molar-refractivity contribution in [3.05, 3.63) is 44.0 Å². The highest BCUT2D eigenvalue weighted by Gasteiger charge is 2.20. The SMILES string of the molecule is N#Cc1c(Nc2cc(F)c(O)c([N+](=O)[O-])c2)s[nH]c1=O. The fourth-order valence-electron chi connectivity index (χ4n) is 1.42. The second-order valence-corrected chi connectivity index (χ2v) is 4.37. The number of nitrogens with one attached hydrogen (secondary N) is 2. The number of aromatic amines is 1. The number of H-pyrrole nitrogens is 1. The zero-order chi connectivity index (χ0) is 14.9. The van der Waals surface area contributed by atoms with Gasteiger partial charge in [-0.05, 0) is 11.5 Å². The van der Waals surface area contributed by atoms with E-state index >= 15 is 0 Å². The molecule has 3 N–H and O–H groups in total. The molecule has 8 nitrogen and oxygen atoms in total. The van der Waals surface area contributed by atoms with Crippen LogP contribution in [0.1, 0.15) is 5.56 Å². The number of benzene rings is 1. The number of nitro groups is 1. The van der Waals surface area contributed by atoms with Crippen LogP contribution in [0.2, 0.25) is 0 Å². The molecule has 0 saturated carbocycles. The Morgan fingerprint density at radius 3 is 2.85 bits per heavy atom. The molecule has 0 aliphatic heterocycles. The molecule has 0 spiro atoms. The smallest absolute Gasteiger partial charge is 0.315 e. The molecule has 102 valence electrons. The van der Waals surface area contributed by atoms with Gasteiger partial charge in [0, 0.05) is 17.8 Å². The number of halogens is 1. The van der Waals surface area contributed by atoms with Gasteiger partial charge in [-0.2, -0.15) is 5.26 Å². The van der Waals surface area contributed by atoms with E-state index in [1.165, 1.54) is 0 Å². The Morgan fingerprint density at radius 1 is 1.55 bits per heavy atom. The van der Waals surface area contributed by atoms with Gasteiger partial charge in [0.05, 0.1) is 4.92 Å². The number of phenolic OH excluding ortho intramolecular Hbond substituents is 1. The molecule has 0 fully saturated rings. The van der Waals surface area contributed by atoms with E-state index in [-0.39, 0.29) is 16.3 Å². The number of aromatic nitrogens is 1. The van der Waals surface area contributed by atoms with Gasteiger partial charge in [0.15, 0.2) is 11.4 Å². The average Bonchev–Trinajstić information content (AvgIpc) is 2.73. The fourth-order valence-corrected chi connectivity index (χ4v) is 2.13. The fraction of sp³-hybridized carbons (Fsp3) is 0. The van der Waals surface area contributed by atoms with Gasteiger partial charge >= 0.3 is 5.69 Å². The van der Waals surface area contributed by atoms with E-state index in [1.807, 2.05) is 0 Å². The Morgan fingerprint density at radius 2 is 2.25 bits per heavy atom. The van der Waals surface area contributed by atoms with Crippen molar-refractivity contribution < 1.29 is 14.4 Å². The summed E-state index contributed by atoms with van der Waals surface area (Å²) in [5.41, 5.74) is -1.73. The summed E-state index contributed by atoms with van der Waals surface area (Å²) < 4.78 is 15.7. The Labute approximate surface area is 114 Å². The van der Waals surface area contributed by atoms with Crippen LogP contribution in [-0.2, 0) is 0 Å². The lowest BCUT2D eigenvalue weighted by Crippen LogP contribution is -2.03. The van der Waals surface area contributed by atoms with Gasteiger partial charge in [0.25, 0.3) is 5.56 Å². The molecule has 2 aromatic rings. The number of phenols is 1. The number of aromatic hydroxyl groups is 1. The number of hydrogen-bond acceptors (Lipinski definition) is 7. The molecule has 0 aliphatic carbocycles. The monoisotopic (exact) mass is 296 g/mol. The molecular weight excluding hydrogens is 291 g/mol. The summed E-state index contributed by atoms with van der Waals surface area (Å²) in [5.74, 6) is -2.27. The largest absolute Gasteiger partial charge is 0.500 e. The molecule has 0 saturated heterocycles. The zero-order valence-corrected chi connectivity index (χ0v) is 10.3. The van der Waals surface area contributed by atoms with E-state index in [0.29, 0.717) is 0 Å². The van der Waals surface area contributed by atoms with Gasteiger partial charge in [-0.25, -0.2) is 4.39 Å². The van der Waals surface area contributed by atoms with E-state index in [1.54, 1.807) is 6.07 Å². The topological polar surface area (TPSA) is 132 Å².